The molecule has 1 aliphatic heterocycles. The molecule has 0 saturated heterocycles. The van der Waals surface area contributed by atoms with Gasteiger partial charge in [0.15, 0.2) is 11.5 Å². The van der Waals surface area contributed by atoms with Gasteiger partial charge in [0.05, 0.1) is 12.8 Å². The SMILES string of the molecule is COc1ccc(Br)cc1NC(C)c1ccc2c(c1)OCO2. The highest BCUT2D eigenvalue weighted by Gasteiger charge is 2.16. The van der Waals surface area contributed by atoms with E-state index in [4.69, 9.17) is 14.2 Å². The summed E-state index contributed by atoms with van der Waals surface area (Å²) in [5.41, 5.74) is 2.07. The molecule has 1 aliphatic rings. The van der Waals surface area contributed by atoms with Gasteiger partial charge in [-0.25, -0.2) is 0 Å². The first-order valence-corrected chi connectivity index (χ1v) is 7.46. The molecular weight excluding hydrogens is 334 g/mol. The Morgan fingerprint density at radius 3 is 2.76 bits per heavy atom. The highest BCUT2D eigenvalue weighted by molar-refractivity contribution is 9.10. The second-order valence-electron chi connectivity index (χ2n) is 4.82. The largest absolute Gasteiger partial charge is 0.495 e. The van der Waals surface area contributed by atoms with Crippen LogP contribution in [0.5, 0.6) is 17.2 Å². The summed E-state index contributed by atoms with van der Waals surface area (Å²) in [6.07, 6.45) is 0. The lowest BCUT2D eigenvalue weighted by atomic mass is 10.1. The van der Waals surface area contributed by atoms with Crippen LogP contribution in [0.15, 0.2) is 40.9 Å². The predicted octanol–water partition coefficient (Wildman–Crippen LogP) is 4.36. The molecule has 1 heterocycles. The van der Waals surface area contributed by atoms with Crippen LogP contribution in [0.2, 0.25) is 0 Å². The van der Waals surface area contributed by atoms with Crippen LogP contribution in [-0.2, 0) is 0 Å². The Morgan fingerprint density at radius 2 is 1.95 bits per heavy atom. The fourth-order valence-electron chi connectivity index (χ4n) is 2.29. The third-order valence-electron chi connectivity index (χ3n) is 3.43. The van der Waals surface area contributed by atoms with Crippen LogP contribution in [0, 0.1) is 0 Å². The molecule has 1 unspecified atom stereocenters. The van der Waals surface area contributed by atoms with Gasteiger partial charge in [-0.3, -0.25) is 0 Å². The van der Waals surface area contributed by atoms with Crippen molar-refractivity contribution in [1.29, 1.82) is 0 Å². The van der Waals surface area contributed by atoms with Gasteiger partial charge in [-0.05, 0) is 42.8 Å². The zero-order valence-corrected chi connectivity index (χ0v) is 13.4. The molecule has 21 heavy (non-hydrogen) atoms. The average Bonchev–Trinajstić information content (AvgIpc) is 2.94. The van der Waals surface area contributed by atoms with Crippen molar-refractivity contribution in [3.8, 4) is 17.2 Å². The quantitative estimate of drug-likeness (QED) is 0.890. The third kappa shape index (κ3) is 2.93. The zero-order chi connectivity index (χ0) is 14.8. The van der Waals surface area contributed by atoms with Gasteiger partial charge in [0.1, 0.15) is 5.75 Å². The average molecular weight is 350 g/mol. The number of hydrogen-bond donors (Lipinski definition) is 1. The number of halogens is 1. The molecule has 110 valence electrons. The molecule has 1 atom stereocenters. The Kier molecular flexibility index (Phi) is 3.92. The minimum absolute atomic E-state index is 0.114. The number of nitrogens with one attached hydrogen (secondary N) is 1. The van der Waals surface area contributed by atoms with E-state index in [9.17, 15) is 0 Å². The van der Waals surface area contributed by atoms with Gasteiger partial charge < -0.3 is 19.5 Å². The lowest BCUT2D eigenvalue weighted by molar-refractivity contribution is 0.174. The molecule has 2 aromatic carbocycles. The van der Waals surface area contributed by atoms with E-state index in [-0.39, 0.29) is 6.04 Å². The van der Waals surface area contributed by atoms with Crippen LogP contribution in [0.25, 0.3) is 0 Å². The second kappa shape index (κ2) is 5.85. The van der Waals surface area contributed by atoms with Gasteiger partial charge in [-0.15, -0.1) is 0 Å². The summed E-state index contributed by atoms with van der Waals surface area (Å²) in [5, 5.41) is 3.46. The van der Waals surface area contributed by atoms with Gasteiger partial charge in [-0.1, -0.05) is 22.0 Å². The first-order chi connectivity index (χ1) is 10.2. The zero-order valence-electron chi connectivity index (χ0n) is 11.9. The van der Waals surface area contributed by atoms with Crippen molar-refractivity contribution in [2.45, 2.75) is 13.0 Å². The number of hydrogen-bond acceptors (Lipinski definition) is 4. The minimum Gasteiger partial charge on any atom is -0.495 e. The van der Waals surface area contributed by atoms with Crippen molar-refractivity contribution in [2.75, 3.05) is 19.2 Å². The molecule has 4 nitrogen and oxygen atoms in total. The number of fused-ring (bicyclic) bond motifs is 1. The van der Waals surface area contributed by atoms with Crippen molar-refractivity contribution in [3.63, 3.8) is 0 Å². The predicted molar refractivity (Wildman–Crippen MR) is 85.3 cm³/mol. The summed E-state index contributed by atoms with van der Waals surface area (Å²) < 4.78 is 17.1. The summed E-state index contributed by atoms with van der Waals surface area (Å²) in [7, 11) is 1.67. The standard InChI is InChI=1S/C16H16BrNO3/c1-10(11-3-5-15-16(7-11)21-9-20-15)18-13-8-12(17)4-6-14(13)19-2/h3-8,10,18H,9H2,1-2H3. The minimum atomic E-state index is 0.114. The number of rotatable bonds is 4. The fraction of sp³-hybridized carbons (Fsp3) is 0.250. The molecule has 1 N–H and O–H groups in total. The summed E-state index contributed by atoms with van der Waals surface area (Å²) in [6.45, 7) is 2.39. The van der Waals surface area contributed by atoms with Gasteiger partial charge in [0, 0.05) is 10.5 Å². The summed E-state index contributed by atoms with van der Waals surface area (Å²) >= 11 is 3.48. The summed E-state index contributed by atoms with van der Waals surface area (Å²) in [5.74, 6) is 2.40. The Bertz CT molecular complexity index is 660. The van der Waals surface area contributed by atoms with Gasteiger partial charge in [0.2, 0.25) is 6.79 Å². The van der Waals surface area contributed by atoms with Crippen LogP contribution in [0.4, 0.5) is 5.69 Å². The maximum atomic E-state index is 5.42. The molecule has 5 heteroatoms. The van der Waals surface area contributed by atoms with E-state index >= 15 is 0 Å². The van der Waals surface area contributed by atoms with Crippen molar-refractivity contribution >= 4 is 21.6 Å². The molecule has 0 radical (unpaired) electrons. The Labute approximate surface area is 132 Å². The van der Waals surface area contributed by atoms with Crippen molar-refractivity contribution < 1.29 is 14.2 Å². The van der Waals surface area contributed by atoms with Crippen LogP contribution < -0.4 is 19.5 Å². The highest BCUT2D eigenvalue weighted by Crippen LogP contribution is 2.36. The highest BCUT2D eigenvalue weighted by atomic mass is 79.9. The Morgan fingerprint density at radius 1 is 1.14 bits per heavy atom. The smallest absolute Gasteiger partial charge is 0.231 e. The van der Waals surface area contributed by atoms with Gasteiger partial charge >= 0.3 is 0 Å². The first-order valence-electron chi connectivity index (χ1n) is 6.67. The van der Waals surface area contributed by atoms with Crippen LogP contribution in [-0.4, -0.2) is 13.9 Å². The fourth-order valence-corrected chi connectivity index (χ4v) is 2.65. The summed E-state index contributed by atoms with van der Waals surface area (Å²) in [6, 6.07) is 12.0. The molecule has 0 amide bonds. The lowest BCUT2D eigenvalue weighted by Gasteiger charge is -2.18. The molecular formula is C16H16BrNO3. The van der Waals surface area contributed by atoms with E-state index in [1.54, 1.807) is 7.11 Å². The van der Waals surface area contributed by atoms with E-state index in [2.05, 4.69) is 28.2 Å². The number of anilines is 1. The number of methoxy groups -OCH3 is 1. The number of benzene rings is 2. The Hall–Kier alpha value is -1.88. The van der Waals surface area contributed by atoms with E-state index in [0.29, 0.717) is 6.79 Å². The monoisotopic (exact) mass is 349 g/mol. The van der Waals surface area contributed by atoms with Crippen molar-refractivity contribution in [1.82, 2.24) is 0 Å². The lowest BCUT2D eigenvalue weighted by Crippen LogP contribution is -2.07. The molecule has 2 aromatic rings. The van der Waals surface area contributed by atoms with E-state index < -0.39 is 0 Å². The molecule has 0 saturated carbocycles. The second-order valence-corrected chi connectivity index (χ2v) is 5.74. The molecule has 0 bridgehead atoms. The number of ether oxygens (including phenoxy) is 3. The maximum Gasteiger partial charge on any atom is 0.231 e. The first kappa shape index (κ1) is 14.1. The van der Waals surface area contributed by atoms with E-state index in [0.717, 1.165) is 33.0 Å². The van der Waals surface area contributed by atoms with Gasteiger partial charge in [0.25, 0.3) is 0 Å². The maximum absolute atomic E-state index is 5.42. The molecule has 0 aromatic heterocycles. The summed E-state index contributed by atoms with van der Waals surface area (Å²) in [4.78, 5) is 0. The van der Waals surface area contributed by atoms with E-state index in [1.807, 2.05) is 36.4 Å². The van der Waals surface area contributed by atoms with Crippen molar-refractivity contribution in [3.05, 3.63) is 46.4 Å². The van der Waals surface area contributed by atoms with Crippen LogP contribution >= 0.6 is 15.9 Å². The normalized spacial score (nSPS) is 13.9. The van der Waals surface area contributed by atoms with E-state index in [1.165, 1.54) is 0 Å². The molecule has 0 aliphatic carbocycles. The van der Waals surface area contributed by atoms with Gasteiger partial charge in [-0.2, -0.15) is 0 Å². The third-order valence-corrected chi connectivity index (χ3v) is 3.92. The van der Waals surface area contributed by atoms with Crippen LogP contribution in [0.1, 0.15) is 18.5 Å². The topological polar surface area (TPSA) is 39.7 Å². The molecule has 0 spiro atoms. The molecule has 0 fully saturated rings. The van der Waals surface area contributed by atoms with Crippen molar-refractivity contribution in [2.24, 2.45) is 0 Å². The Balaban J connectivity index is 1.83. The molecule has 3 rings (SSSR count). The van der Waals surface area contributed by atoms with Crippen LogP contribution in [0.3, 0.4) is 0 Å².